The molecule has 0 amide bonds. The minimum Gasteiger partial charge on any atom is -0.508 e. The minimum absolute atomic E-state index is 0.217. The second-order valence-corrected chi connectivity index (χ2v) is 8.80. The van der Waals surface area contributed by atoms with Gasteiger partial charge in [0, 0.05) is 0 Å². The smallest absolute Gasteiger partial charge is 0.120 e. The van der Waals surface area contributed by atoms with E-state index in [0.717, 1.165) is 24.2 Å². The van der Waals surface area contributed by atoms with Crippen molar-refractivity contribution in [3.63, 3.8) is 0 Å². The topological polar surface area (TPSA) is 29.5 Å². The second kappa shape index (κ2) is 7.44. The molecular formula is C27H28O2. The van der Waals surface area contributed by atoms with Crippen LogP contribution in [0.5, 0.6) is 11.5 Å². The number of benzene rings is 3. The van der Waals surface area contributed by atoms with E-state index in [2.05, 4.69) is 70.2 Å². The lowest BCUT2D eigenvalue weighted by Crippen LogP contribution is -2.23. The number of allylic oxidation sites excluding steroid dienone is 1. The molecule has 0 unspecified atom stereocenters. The molecule has 1 N–H and O–H groups in total. The van der Waals surface area contributed by atoms with Crippen LogP contribution in [-0.4, -0.2) is 10.7 Å². The molecular weight excluding hydrogens is 356 g/mol. The number of ether oxygens (including phenoxy) is 1. The number of rotatable bonds is 3. The van der Waals surface area contributed by atoms with Gasteiger partial charge in [-0.15, -0.1) is 0 Å². The highest BCUT2D eigenvalue weighted by atomic mass is 16.5. The molecule has 0 aliphatic heterocycles. The van der Waals surface area contributed by atoms with E-state index in [1.54, 1.807) is 12.1 Å². The van der Waals surface area contributed by atoms with E-state index in [9.17, 15) is 5.11 Å². The molecule has 2 nitrogen and oxygen atoms in total. The van der Waals surface area contributed by atoms with E-state index in [4.69, 9.17) is 4.74 Å². The summed E-state index contributed by atoms with van der Waals surface area (Å²) >= 11 is 0. The van der Waals surface area contributed by atoms with Crippen molar-refractivity contribution in [3.05, 3.63) is 94.5 Å². The van der Waals surface area contributed by atoms with Crippen molar-refractivity contribution in [3.8, 4) is 11.5 Å². The number of fused-ring (bicyclic) bond motifs is 1. The standard InChI is InChI=1S/C27H28O2/c1-18-5-7-19(8-6-18)24-15-11-21-17-23(29-27(2,3)4)14-16-25(21)26(24)20-9-12-22(28)13-10-20/h5-10,12-14,16-17,28H,11,15H2,1-4H3. The van der Waals surface area contributed by atoms with Gasteiger partial charge in [-0.3, -0.25) is 0 Å². The maximum atomic E-state index is 9.78. The van der Waals surface area contributed by atoms with Crippen LogP contribution >= 0.6 is 0 Å². The third kappa shape index (κ3) is 4.22. The third-order valence-corrected chi connectivity index (χ3v) is 5.27. The van der Waals surface area contributed by atoms with Gasteiger partial charge in [-0.1, -0.05) is 48.0 Å². The van der Waals surface area contributed by atoms with Crippen LogP contribution in [0.3, 0.4) is 0 Å². The van der Waals surface area contributed by atoms with Gasteiger partial charge < -0.3 is 9.84 Å². The van der Waals surface area contributed by atoms with Gasteiger partial charge in [0.25, 0.3) is 0 Å². The van der Waals surface area contributed by atoms with E-state index in [0.29, 0.717) is 0 Å². The Bertz CT molecular complexity index is 1050. The van der Waals surface area contributed by atoms with Gasteiger partial charge in [-0.2, -0.15) is 0 Å². The summed E-state index contributed by atoms with van der Waals surface area (Å²) in [6.07, 6.45) is 1.96. The number of hydrogen-bond acceptors (Lipinski definition) is 2. The van der Waals surface area contributed by atoms with Crippen molar-refractivity contribution in [1.29, 1.82) is 0 Å². The predicted octanol–water partition coefficient (Wildman–Crippen LogP) is 6.78. The highest BCUT2D eigenvalue weighted by Gasteiger charge is 2.23. The Morgan fingerprint density at radius 2 is 1.45 bits per heavy atom. The monoisotopic (exact) mass is 384 g/mol. The van der Waals surface area contributed by atoms with Crippen LogP contribution in [-0.2, 0) is 6.42 Å². The average Bonchev–Trinajstić information content (AvgIpc) is 2.67. The average molecular weight is 385 g/mol. The van der Waals surface area contributed by atoms with Gasteiger partial charge in [-0.05, 0) is 98.2 Å². The first-order valence-electron chi connectivity index (χ1n) is 10.2. The maximum absolute atomic E-state index is 9.78. The number of phenols is 1. The molecule has 1 aliphatic rings. The number of aryl methyl sites for hydroxylation is 2. The summed E-state index contributed by atoms with van der Waals surface area (Å²) in [7, 11) is 0. The van der Waals surface area contributed by atoms with E-state index in [1.807, 2.05) is 12.1 Å². The first kappa shape index (κ1) is 19.3. The Morgan fingerprint density at radius 1 is 0.793 bits per heavy atom. The summed E-state index contributed by atoms with van der Waals surface area (Å²) in [5.41, 5.74) is 8.60. The van der Waals surface area contributed by atoms with Crippen molar-refractivity contribution < 1.29 is 9.84 Å². The Kier molecular flexibility index (Phi) is 4.96. The molecule has 0 bridgehead atoms. The largest absolute Gasteiger partial charge is 0.508 e. The fourth-order valence-electron chi connectivity index (χ4n) is 3.99. The number of hydrogen-bond donors (Lipinski definition) is 1. The molecule has 0 saturated heterocycles. The molecule has 0 fully saturated rings. The maximum Gasteiger partial charge on any atom is 0.120 e. The summed E-state index contributed by atoms with van der Waals surface area (Å²) in [4.78, 5) is 0. The Hall–Kier alpha value is -3.00. The molecule has 0 saturated carbocycles. The summed E-state index contributed by atoms with van der Waals surface area (Å²) in [5, 5.41) is 9.78. The van der Waals surface area contributed by atoms with Gasteiger partial charge >= 0.3 is 0 Å². The van der Waals surface area contributed by atoms with Gasteiger partial charge in [0.05, 0.1) is 0 Å². The molecule has 0 spiro atoms. The molecule has 29 heavy (non-hydrogen) atoms. The van der Waals surface area contributed by atoms with Crippen molar-refractivity contribution in [2.24, 2.45) is 0 Å². The fraction of sp³-hybridized carbons (Fsp3) is 0.259. The second-order valence-electron chi connectivity index (χ2n) is 8.80. The fourth-order valence-corrected chi connectivity index (χ4v) is 3.99. The number of aromatic hydroxyl groups is 1. The Labute approximate surface area is 173 Å². The first-order chi connectivity index (χ1) is 13.8. The van der Waals surface area contributed by atoms with Crippen LogP contribution in [0.4, 0.5) is 0 Å². The van der Waals surface area contributed by atoms with Crippen LogP contribution in [0.2, 0.25) is 0 Å². The van der Waals surface area contributed by atoms with Crippen LogP contribution in [0.15, 0.2) is 66.7 Å². The molecule has 2 heteroatoms. The summed E-state index contributed by atoms with van der Waals surface area (Å²) in [6, 6.07) is 22.8. The number of phenolic OH excluding ortho intramolecular Hbond substituents is 1. The summed E-state index contributed by atoms with van der Waals surface area (Å²) in [5.74, 6) is 1.20. The predicted molar refractivity (Wildman–Crippen MR) is 120 cm³/mol. The molecule has 3 aromatic carbocycles. The van der Waals surface area contributed by atoms with Crippen LogP contribution in [0, 0.1) is 6.92 Å². The molecule has 0 atom stereocenters. The van der Waals surface area contributed by atoms with Gasteiger partial charge in [-0.25, -0.2) is 0 Å². The SMILES string of the molecule is Cc1ccc(C2=C(c3ccc(O)cc3)c3ccc(OC(C)(C)C)cc3CC2)cc1. The van der Waals surface area contributed by atoms with Gasteiger partial charge in [0.15, 0.2) is 0 Å². The van der Waals surface area contributed by atoms with Gasteiger partial charge in [0.2, 0.25) is 0 Å². The molecule has 0 heterocycles. The van der Waals surface area contributed by atoms with Crippen LogP contribution in [0.25, 0.3) is 11.1 Å². The third-order valence-electron chi connectivity index (χ3n) is 5.27. The van der Waals surface area contributed by atoms with Crippen LogP contribution in [0.1, 0.15) is 55.0 Å². The van der Waals surface area contributed by atoms with Crippen molar-refractivity contribution in [2.45, 2.75) is 46.1 Å². The van der Waals surface area contributed by atoms with Crippen molar-refractivity contribution in [2.75, 3.05) is 0 Å². The zero-order valence-electron chi connectivity index (χ0n) is 17.6. The Balaban J connectivity index is 1.87. The van der Waals surface area contributed by atoms with Gasteiger partial charge in [0.1, 0.15) is 17.1 Å². The van der Waals surface area contributed by atoms with Crippen LogP contribution < -0.4 is 4.74 Å². The molecule has 0 radical (unpaired) electrons. The van der Waals surface area contributed by atoms with E-state index in [-0.39, 0.29) is 11.4 Å². The van der Waals surface area contributed by atoms with E-state index >= 15 is 0 Å². The first-order valence-corrected chi connectivity index (χ1v) is 10.2. The highest BCUT2D eigenvalue weighted by molar-refractivity contribution is 6.00. The van der Waals surface area contributed by atoms with Crippen molar-refractivity contribution >= 4 is 11.1 Å². The molecule has 1 aliphatic carbocycles. The highest BCUT2D eigenvalue weighted by Crippen LogP contribution is 2.42. The zero-order valence-corrected chi connectivity index (χ0v) is 17.6. The normalized spacial score (nSPS) is 13.9. The minimum atomic E-state index is -0.217. The summed E-state index contributed by atoms with van der Waals surface area (Å²) in [6.45, 7) is 8.34. The molecule has 148 valence electrons. The molecule has 3 aromatic rings. The molecule has 0 aromatic heterocycles. The molecule has 4 rings (SSSR count). The lowest BCUT2D eigenvalue weighted by Gasteiger charge is -2.27. The lowest BCUT2D eigenvalue weighted by atomic mass is 9.79. The zero-order chi connectivity index (χ0) is 20.6. The van der Waals surface area contributed by atoms with Crippen molar-refractivity contribution in [1.82, 2.24) is 0 Å². The van der Waals surface area contributed by atoms with E-state index in [1.165, 1.54) is 33.4 Å². The Morgan fingerprint density at radius 3 is 2.10 bits per heavy atom. The summed E-state index contributed by atoms with van der Waals surface area (Å²) < 4.78 is 6.10. The lowest BCUT2D eigenvalue weighted by molar-refractivity contribution is 0.131. The quantitative estimate of drug-likeness (QED) is 0.539. The van der Waals surface area contributed by atoms with E-state index < -0.39 is 0 Å².